The van der Waals surface area contributed by atoms with Gasteiger partial charge in [-0.15, -0.1) is 4.73 Å². The smallest absolute Gasteiger partial charge is 0.336 e. The molecule has 5 nitrogen and oxygen atoms in total. The molecule has 1 aromatic rings. The maximum atomic E-state index is 11.2. The van der Waals surface area contributed by atoms with Gasteiger partial charge >= 0.3 is 5.97 Å². The molecular formula is C9H10BrNO4. The third kappa shape index (κ3) is 3.32. The van der Waals surface area contributed by atoms with Crippen molar-refractivity contribution in [1.82, 2.24) is 4.73 Å². The summed E-state index contributed by atoms with van der Waals surface area (Å²) in [7, 11) is 0. The molecule has 1 heterocycles. The number of nitrogens with zero attached hydrogens (tertiary/aromatic N) is 1. The maximum absolute atomic E-state index is 11.2. The highest BCUT2D eigenvalue weighted by Crippen LogP contribution is 2.18. The van der Waals surface area contributed by atoms with E-state index in [1.807, 2.05) is 0 Å². The number of alkyl halides is 1. The summed E-state index contributed by atoms with van der Waals surface area (Å²) in [6.45, 7) is 0. The van der Waals surface area contributed by atoms with E-state index in [9.17, 15) is 4.79 Å². The van der Waals surface area contributed by atoms with Crippen molar-refractivity contribution in [2.75, 3.05) is 5.33 Å². The van der Waals surface area contributed by atoms with Crippen molar-refractivity contribution in [2.24, 2.45) is 0 Å². The fourth-order valence-electron chi connectivity index (χ4n) is 0.877. The molecule has 0 fully saturated rings. The van der Waals surface area contributed by atoms with Crippen LogP contribution in [0.3, 0.4) is 0 Å². The molecular weight excluding hydrogens is 266 g/mol. The van der Waals surface area contributed by atoms with Gasteiger partial charge in [-0.3, -0.25) is 0 Å². The average molecular weight is 276 g/mol. The second kappa shape index (κ2) is 5.45. The molecule has 0 unspecified atom stereocenters. The number of aromatic hydroxyl groups is 2. The third-order valence-corrected chi connectivity index (χ3v) is 1.90. The monoisotopic (exact) mass is 275 g/mol. The fourth-order valence-corrected chi connectivity index (χ4v) is 1.14. The molecule has 0 radical (unpaired) electrons. The minimum absolute atomic E-state index is 0.0721. The van der Waals surface area contributed by atoms with E-state index in [1.165, 1.54) is 12.1 Å². The van der Waals surface area contributed by atoms with E-state index in [1.54, 1.807) is 12.2 Å². The Morgan fingerprint density at radius 3 is 2.53 bits per heavy atom. The topological polar surface area (TPSA) is 71.7 Å². The third-order valence-electron chi connectivity index (χ3n) is 1.53. The molecule has 0 amide bonds. The molecule has 1 rings (SSSR count). The number of hydrogen-bond donors (Lipinski definition) is 2. The van der Waals surface area contributed by atoms with Gasteiger partial charge in [-0.25, -0.2) is 4.79 Å². The van der Waals surface area contributed by atoms with Crippen LogP contribution in [-0.2, 0) is 4.79 Å². The SMILES string of the molecule is O=C(CC=CCBr)On1c(O)ccc1O. The zero-order chi connectivity index (χ0) is 11.3. The van der Waals surface area contributed by atoms with E-state index in [2.05, 4.69) is 20.8 Å². The predicted octanol–water partition coefficient (Wildman–Crippen LogP) is 1.20. The Kier molecular flexibility index (Phi) is 4.23. The minimum Gasteiger partial charge on any atom is -0.492 e. The first-order valence-corrected chi connectivity index (χ1v) is 5.29. The van der Waals surface area contributed by atoms with Gasteiger partial charge in [-0.1, -0.05) is 28.1 Å². The van der Waals surface area contributed by atoms with Crippen LogP contribution in [-0.4, -0.2) is 26.2 Å². The van der Waals surface area contributed by atoms with E-state index in [0.717, 1.165) is 0 Å². The number of hydrogen-bond acceptors (Lipinski definition) is 4. The van der Waals surface area contributed by atoms with Crippen LogP contribution in [0.5, 0.6) is 11.8 Å². The van der Waals surface area contributed by atoms with Crippen LogP contribution < -0.4 is 4.84 Å². The van der Waals surface area contributed by atoms with Gasteiger partial charge in [0.25, 0.3) is 0 Å². The second-order valence-electron chi connectivity index (χ2n) is 2.64. The van der Waals surface area contributed by atoms with Crippen molar-refractivity contribution in [2.45, 2.75) is 6.42 Å². The molecule has 0 saturated carbocycles. The molecule has 0 saturated heterocycles. The van der Waals surface area contributed by atoms with E-state index < -0.39 is 5.97 Å². The van der Waals surface area contributed by atoms with E-state index in [4.69, 9.17) is 10.2 Å². The Hall–Kier alpha value is -1.43. The average Bonchev–Trinajstić information content (AvgIpc) is 2.50. The Morgan fingerprint density at radius 2 is 2.00 bits per heavy atom. The standard InChI is InChI=1S/C9H10BrNO4/c10-6-2-1-3-9(14)15-11-7(12)4-5-8(11)13/h1-2,4-5,12-13H,3,6H2. The van der Waals surface area contributed by atoms with Crippen LogP contribution in [0.4, 0.5) is 0 Å². The highest BCUT2D eigenvalue weighted by molar-refractivity contribution is 9.09. The molecule has 82 valence electrons. The summed E-state index contributed by atoms with van der Waals surface area (Å²) in [5.41, 5.74) is 0. The van der Waals surface area contributed by atoms with Crippen LogP contribution in [0.2, 0.25) is 0 Å². The van der Waals surface area contributed by atoms with Gasteiger partial charge in [-0.05, 0) is 0 Å². The Bertz CT molecular complexity index is 353. The highest BCUT2D eigenvalue weighted by atomic mass is 79.9. The molecule has 0 aromatic carbocycles. The van der Waals surface area contributed by atoms with E-state index >= 15 is 0 Å². The Morgan fingerprint density at radius 1 is 1.40 bits per heavy atom. The van der Waals surface area contributed by atoms with Crippen LogP contribution in [0.15, 0.2) is 24.3 Å². The molecule has 6 heteroatoms. The minimum atomic E-state index is -0.575. The molecule has 1 aromatic heterocycles. The lowest BCUT2D eigenvalue weighted by atomic mass is 10.4. The summed E-state index contributed by atoms with van der Waals surface area (Å²) in [6, 6.07) is 2.44. The molecule has 2 N–H and O–H groups in total. The lowest BCUT2D eigenvalue weighted by molar-refractivity contribution is -0.144. The van der Waals surface area contributed by atoms with E-state index in [-0.39, 0.29) is 18.2 Å². The van der Waals surface area contributed by atoms with Crippen LogP contribution >= 0.6 is 15.9 Å². The lowest BCUT2D eigenvalue weighted by Gasteiger charge is -2.04. The predicted molar refractivity (Wildman–Crippen MR) is 56.9 cm³/mol. The number of rotatable bonds is 4. The molecule has 15 heavy (non-hydrogen) atoms. The van der Waals surface area contributed by atoms with Crippen molar-refractivity contribution < 1.29 is 19.8 Å². The normalized spacial score (nSPS) is 10.7. The van der Waals surface area contributed by atoms with Gasteiger partial charge < -0.3 is 15.1 Å². The van der Waals surface area contributed by atoms with E-state index in [0.29, 0.717) is 10.1 Å². The summed E-state index contributed by atoms with van der Waals surface area (Å²) >= 11 is 3.16. The summed E-state index contributed by atoms with van der Waals surface area (Å²) < 4.78 is 0.657. The summed E-state index contributed by atoms with van der Waals surface area (Å²) in [4.78, 5) is 15.8. The molecule has 0 atom stereocenters. The van der Waals surface area contributed by atoms with Crippen molar-refractivity contribution in [1.29, 1.82) is 0 Å². The van der Waals surface area contributed by atoms with Gasteiger partial charge in [0.1, 0.15) is 0 Å². The largest absolute Gasteiger partial charge is 0.492 e. The number of carbonyl (C=O) groups excluding carboxylic acids is 1. The summed E-state index contributed by atoms with van der Waals surface area (Å²) in [6.07, 6.45) is 3.44. The van der Waals surface area contributed by atoms with Crippen molar-refractivity contribution >= 4 is 21.9 Å². The first-order chi connectivity index (χ1) is 7.15. The second-order valence-corrected chi connectivity index (χ2v) is 3.28. The van der Waals surface area contributed by atoms with Crippen molar-refractivity contribution in [3.8, 4) is 11.8 Å². The van der Waals surface area contributed by atoms with Crippen molar-refractivity contribution in [3.63, 3.8) is 0 Å². The quantitative estimate of drug-likeness (QED) is 0.640. The number of aromatic nitrogens is 1. The molecule has 0 aliphatic heterocycles. The maximum Gasteiger partial charge on any atom is 0.336 e. The Balaban J connectivity index is 2.55. The fraction of sp³-hybridized carbons (Fsp3) is 0.222. The zero-order valence-electron chi connectivity index (χ0n) is 7.76. The lowest BCUT2D eigenvalue weighted by Crippen LogP contribution is -2.17. The number of allylic oxidation sites excluding steroid dienone is 1. The van der Waals surface area contributed by atoms with Gasteiger partial charge in [-0.2, -0.15) is 0 Å². The first-order valence-electron chi connectivity index (χ1n) is 4.17. The number of carbonyl (C=O) groups is 1. The van der Waals surface area contributed by atoms with Crippen LogP contribution in [0, 0.1) is 0 Å². The van der Waals surface area contributed by atoms with Crippen molar-refractivity contribution in [3.05, 3.63) is 24.3 Å². The van der Waals surface area contributed by atoms with Gasteiger partial charge in [0.15, 0.2) is 0 Å². The van der Waals surface area contributed by atoms with Gasteiger partial charge in [0, 0.05) is 17.5 Å². The molecule has 0 spiro atoms. The molecule has 0 aliphatic rings. The van der Waals surface area contributed by atoms with Crippen LogP contribution in [0.1, 0.15) is 6.42 Å². The molecule has 0 bridgehead atoms. The zero-order valence-corrected chi connectivity index (χ0v) is 9.35. The summed E-state index contributed by atoms with van der Waals surface area (Å²) in [5, 5.41) is 19.0. The highest BCUT2D eigenvalue weighted by Gasteiger charge is 2.10. The van der Waals surface area contributed by atoms with Gasteiger partial charge in [0.05, 0.1) is 6.42 Å². The van der Waals surface area contributed by atoms with Crippen LogP contribution in [0.25, 0.3) is 0 Å². The summed E-state index contributed by atoms with van der Waals surface area (Å²) in [5.74, 6) is -1.23. The van der Waals surface area contributed by atoms with Gasteiger partial charge in [0.2, 0.25) is 11.8 Å². The number of halogens is 1. The first kappa shape index (κ1) is 11.6. The molecule has 0 aliphatic carbocycles. The Labute approximate surface area is 94.7 Å².